The van der Waals surface area contributed by atoms with Gasteiger partial charge in [-0.2, -0.15) is 0 Å². The smallest absolute Gasteiger partial charge is 0.328 e. The fourth-order valence-electron chi connectivity index (χ4n) is 1.14. The monoisotopic (exact) mass is 247 g/mol. The predicted octanol–water partition coefficient (Wildman–Crippen LogP) is -0.107. The Labute approximate surface area is 84.7 Å². The van der Waals surface area contributed by atoms with E-state index in [0.29, 0.717) is 0 Å². The van der Waals surface area contributed by atoms with Crippen molar-refractivity contribution in [3.8, 4) is 0 Å². The molecule has 6 nitrogen and oxygen atoms in total. The Morgan fingerprint density at radius 3 is 2.57 bits per heavy atom. The quantitative estimate of drug-likeness (QED) is 0.400. The third kappa shape index (κ3) is 1.84. The van der Waals surface area contributed by atoms with Crippen LogP contribution in [0.25, 0.3) is 0 Å². The summed E-state index contributed by atoms with van der Waals surface area (Å²) in [4.78, 5) is 29.2. The molecule has 0 radical (unpaired) electrons. The van der Waals surface area contributed by atoms with Crippen molar-refractivity contribution in [2.24, 2.45) is 0 Å². The molecule has 0 aromatic carbocycles. The molecular formula is C5H8ClFNO5P. The van der Waals surface area contributed by atoms with Crippen molar-refractivity contribution in [1.82, 2.24) is 4.84 Å². The van der Waals surface area contributed by atoms with Crippen molar-refractivity contribution in [2.45, 2.75) is 17.6 Å². The zero-order chi connectivity index (χ0) is 11.0. The van der Waals surface area contributed by atoms with Crippen molar-refractivity contribution < 1.29 is 28.6 Å². The minimum atomic E-state index is -2.69. The SMILES string of the molecule is O=C(O)[C@@]1(NCl)C[C@@]1(F)COP(O)O. The number of carboxylic acid groups (broad SMARTS) is 1. The van der Waals surface area contributed by atoms with Crippen molar-refractivity contribution in [1.29, 1.82) is 0 Å². The van der Waals surface area contributed by atoms with Gasteiger partial charge in [-0.1, -0.05) is 0 Å². The molecule has 0 amide bonds. The first-order valence-electron chi connectivity index (χ1n) is 3.49. The van der Waals surface area contributed by atoms with Crippen LogP contribution in [-0.2, 0) is 9.32 Å². The highest BCUT2D eigenvalue weighted by molar-refractivity contribution is 7.39. The van der Waals surface area contributed by atoms with E-state index in [9.17, 15) is 9.18 Å². The summed E-state index contributed by atoms with van der Waals surface area (Å²) in [5, 5.41) is 8.64. The molecule has 4 N–H and O–H groups in total. The van der Waals surface area contributed by atoms with Crippen LogP contribution in [0.2, 0.25) is 0 Å². The van der Waals surface area contributed by atoms with E-state index >= 15 is 0 Å². The summed E-state index contributed by atoms with van der Waals surface area (Å²) in [6, 6.07) is 0. The van der Waals surface area contributed by atoms with E-state index in [1.54, 1.807) is 0 Å². The van der Waals surface area contributed by atoms with Gasteiger partial charge in [0, 0.05) is 6.42 Å². The van der Waals surface area contributed by atoms with Gasteiger partial charge in [0.1, 0.15) is 0 Å². The van der Waals surface area contributed by atoms with E-state index in [0.717, 1.165) is 0 Å². The molecule has 0 aromatic heterocycles. The van der Waals surface area contributed by atoms with Crippen LogP contribution in [0.1, 0.15) is 6.42 Å². The zero-order valence-electron chi connectivity index (χ0n) is 6.78. The summed E-state index contributed by atoms with van der Waals surface area (Å²) in [6.07, 6.45) is -0.373. The molecular weight excluding hydrogens is 239 g/mol. The number of aliphatic carboxylic acids is 1. The lowest BCUT2D eigenvalue weighted by atomic mass is 10.2. The van der Waals surface area contributed by atoms with E-state index in [2.05, 4.69) is 4.52 Å². The number of hydrogen-bond acceptors (Lipinski definition) is 5. The molecule has 1 saturated carbocycles. The summed E-state index contributed by atoms with van der Waals surface area (Å²) < 4.78 is 17.8. The van der Waals surface area contributed by atoms with E-state index in [4.69, 9.17) is 26.7 Å². The summed E-state index contributed by atoms with van der Waals surface area (Å²) in [5.41, 5.74) is -4.09. The number of hydrogen-bond donors (Lipinski definition) is 4. The number of rotatable bonds is 5. The summed E-state index contributed by atoms with van der Waals surface area (Å²) in [7, 11) is -2.69. The predicted molar refractivity (Wildman–Crippen MR) is 45.1 cm³/mol. The molecule has 2 atom stereocenters. The lowest BCUT2D eigenvalue weighted by Gasteiger charge is -2.13. The number of carboxylic acids is 1. The number of halogens is 2. The molecule has 82 valence electrons. The molecule has 0 aromatic rings. The Morgan fingerprint density at radius 1 is 1.71 bits per heavy atom. The van der Waals surface area contributed by atoms with Crippen molar-refractivity contribution in [3.63, 3.8) is 0 Å². The standard InChI is InChI=1S/C5H8ClFNO5P/c6-8-5(3(9)10)1-4(5,7)2-13-14(11)12/h8,11-12H,1-2H2,(H,9,10)/t4-,5+/m1/s1. The number of nitrogens with one attached hydrogen (secondary N) is 1. The first-order chi connectivity index (χ1) is 6.38. The average Bonchev–Trinajstić information content (AvgIpc) is 2.71. The van der Waals surface area contributed by atoms with Crippen LogP contribution < -0.4 is 4.84 Å². The lowest BCUT2D eigenvalue weighted by Crippen LogP contribution is -2.42. The highest BCUT2D eigenvalue weighted by Crippen LogP contribution is 2.53. The second-order valence-electron chi connectivity index (χ2n) is 2.97. The fraction of sp³-hybridized carbons (Fsp3) is 0.800. The molecule has 0 saturated heterocycles. The Bertz CT molecular complexity index is 256. The maximum absolute atomic E-state index is 13.6. The molecule has 9 heteroatoms. The highest BCUT2D eigenvalue weighted by Gasteiger charge is 2.75. The maximum Gasteiger partial charge on any atom is 0.328 e. The highest BCUT2D eigenvalue weighted by atomic mass is 35.5. The Morgan fingerprint density at radius 2 is 2.29 bits per heavy atom. The Hall–Kier alpha value is -0.0400. The van der Waals surface area contributed by atoms with Crippen molar-refractivity contribution in [3.05, 3.63) is 0 Å². The first-order valence-corrected chi connectivity index (χ1v) is 5.03. The summed E-state index contributed by atoms with van der Waals surface area (Å²) in [5.74, 6) is -1.45. The van der Waals surface area contributed by atoms with E-state index in [-0.39, 0.29) is 6.42 Å². The third-order valence-electron chi connectivity index (χ3n) is 2.12. The Balaban J connectivity index is 2.59. The zero-order valence-corrected chi connectivity index (χ0v) is 8.43. The van der Waals surface area contributed by atoms with Gasteiger partial charge in [0.25, 0.3) is 0 Å². The van der Waals surface area contributed by atoms with E-state index < -0.39 is 32.4 Å². The molecule has 14 heavy (non-hydrogen) atoms. The maximum atomic E-state index is 13.6. The molecule has 0 heterocycles. The topological polar surface area (TPSA) is 99.0 Å². The second kappa shape index (κ2) is 3.84. The van der Waals surface area contributed by atoms with Crippen molar-refractivity contribution >= 4 is 26.3 Å². The molecule has 0 aliphatic heterocycles. The fourth-order valence-corrected chi connectivity index (χ4v) is 1.77. The van der Waals surface area contributed by atoms with Gasteiger partial charge in [-0.3, -0.25) is 4.79 Å². The molecule has 0 bridgehead atoms. The van der Waals surface area contributed by atoms with Crippen LogP contribution in [0.4, 0.5) is 4.39 Å². The van der Waals surface area contributed by atoms with Crippen LogP contribution in [0, 0.1) is 0 Å². The van der Waals surface area contributed by atoms with Crippen LogP contribution in [0.15, 0.2) is 0 Å². The van der Waals surface area contributed by atoms with Gasteiger partial charge in [0.2, 0.25) is 0 Å². The van der Waals surface area contributed by atoms with Gasteiger partial charge < -0.3 is 19.4 Å². The summed E-state index contributed by atoms with van der Waals surface area (Å²) in [6.45, 7) is -0.724. The van der Waals surface area contributed by atoms with Crippen LogP contribution >= 0.6 is 20.4 Å². The van der Waals surface area contributed by atoms with Crippen LogP contribution in [0.5, 0.6) is 0 Å². The molecule has 0 unspecified atom stereocenters. The lowest BCUT2D eigenvalue weighted by molar-refractivity contribution is -0.141. The molecule has 1 rings (SSSR count). The summed E-state index contributed by atoms with van der Waals surface area (Å²) >= 11 is 5.10. The normalized spacial score (nSPS) is 36.1. The van der Waals surface area contributed by atoms with Crippen LogP contribution in [0.3, 0.4) is 0 Å². The second-order valence-corrected chi connectivity index (χ2v) is 3.93. The van der Waals surface area contributed by atoms with Gasteiger partial charge >= 0.3 is 14.6 Å². The van der Waals surface area contributed by atoms with Crippen LogP contribution in [-0.4, -0.2) is 38.7 Å². The number of carbonyl (C=O) groups is 1. The van der Waals surface area contributed by atoms with E-state index in [1.165, 1.54) is 0 Å². The average molecular weight is 248 g/mol. The number of alkyl halides is 1. The van der Waals surface area contributed by atoms with Gasteiger partial charge in [-0.15, -0.1) is 0 Å². The Kier molecular flexibility index (Phi) is 3.30. The van der Waals surface area contributed by atoms with Gasteiger partial charge in [0.05, 0.1) is 6.61 Å². The van der Waals surface area contributed by atoms with Gasteiger partial charge in [0.15, 0.2) is 11.2 Å². The third-order valence-corrected chi connectivity index (χ3v) is 2.80. The van der Waals surface area contributed by atoms with Gasteiger partial charge in [-0.25, -0.2) is 9.23 Å². The van der Waals surface area contributed by atoms with Gasteiger partial charge in [-0.05, 0) is 11.8 Å². The largest absolute Gasteiger partial charge is 0.480 e. The minimum Gasteiger partial charge on any atom is -0.480 e. The first kappa shape index (κ1) is 12.0. The molecule has 0 spiro atoms. The van der Waals surface area contributed by atoms with Crippen molar-refractivity contribution in [2.75, 3.05) is 6.61 Å². The molecule has 1 aliphatic rings. The molecule has 1 fully saturated rings. The van der Waals surface area contributed by atoms with E-state index in [1.807, 2.05) is 4.84 Å². The molecule has 1 aliphatic carbocycles. The minimum absolute atomic E-state index is 0.373.